The van der Waals surface area contributed by atoms with Crippen molar-refractivity contribution in [3.63, 3.8) is 0 Å². The minimum Gasteiger partial charge on any atom is -0.494 e. The van der Waals surface area contributed by atoms with Gasteiger partial charge in [0.15, 0.2) is 0 Å². The lowest BCUT2D eigenvalue weighted by Crippen LogP contribution is -2.23. The van der Waals surface area contributed by atoms with Crippen molar-refractivity contribution in [3.05, 3.63) is 64.4 Å². The van der Waals surface area contributed by atoms with E-state index in [0.717, 1.165) is 17.9 Å². The van der Waals surface area contributed by atoms with E-state index < -0.39 is 0 Å². The van der Waals surface area contributed by atoms with E-state index in [-0.39, 0.29) is 11.9 Å². The summed E-state index contributed by atoms with van der Waals surface area (Å²) in [5.74, 6) is 0.484. The average molecular weight is 308 g/mol. The van der Waals surface area contributed by atoms with Crippen LogP contribution in [0.25, 0.3) is 0 Å². The predicted octanol–water partition coefficient (Wildman–Crippen LogP) is 4.58. The Labute approximate surface area is 129 Å². The Bertz CT molecular complexity index is 603. The van der Waals surface area contributed by atoms with Crippen molar-refractivity contribution in [3.8, 4) is 5.75 Å². The van der Waals surface area contributed by atoms with Crippen molar-refractivity contribution in [2.45, 2.75) is 19.9 Å². The summed E-state index contributed by atoms with van der Waals surface area (Å²) >= 11 is 6.26. The van der Waals surface area contributed by atoms with Gasteiger partial charge in [0.25, 0.3) is 0 Å². The fourth-order valence-electron chi connectivity index (χ4n) is 2.33. The van der Waals surface area contributed by atoms with Gasteiger partial charge in [-0.3, -0.25) is 0 Å². The molecule has 2 aromatic rings. The van der Waals surface area contributed by atoms with Gasteiger partial charge in [-0.1, -0.05) is 36.7 Å². The molecule has 0 radical (unpaired) electrons. The second-order valence-corrected chi connectivity index (χ2v) is 5.03. The molecule has 0 heterocycles. The maximum atomic E-state index is 13.6. The van der Waals surface area contributed by atoms with E-state index in [2.05, 4.69) is 5.32 Å². The minimum atomic E-state index is -0.300. The van der Waals surface area contributed by atoms with Gasteiger partial charge < -0.3 is 10.1 Å². The molecule has 4 heteroatoms. The molecule has 0 aliphatic carbocycles. The van der Waals surface area contributed by atoms with Crippen LogP contribution >= 0.6 is 11.6 Å². The lowest BCUT2D eigenvalue weighted by molar-refractivity contribution is 0.333. The number of halogens is 2. The van der Waals surface area contributed by atoms with E-state index >= 15 is 0 Å². The number of rotatable bonds is 6. The topological polar surface area (TPSA) is 21.3 Å². The van der Waals surface area contributed by atoms with E-state index in [1.165, 1.54) is 12.1 Å². The summed E-state index contributed by atoms with van der Waals surface area (Å²) in [7, 11) is 0. The third kappa shape index (κ3) is 3.74. The highest BCUT2D eigenvalue weighted by atomic mass is 35.5. The van der Waals surface area contributed by atoms with Gasteiger partial charge in [-0.25, -0.2) is 4.39 Å². The Morgan fingerprint density at radius 3 is 2.62 bits per heavy atom. The van der Waals surface area contributed by atoms with Crippen LogP contribution in [-0.4, -0.2) is 13.2 Å². The highest BCUT2D eigenvalue weighted by molar-refractivity contribution is 6.31. The summed E-state index contributed by atoms with van der Waals surface area (Å²) in [6, 6.07) is 12.0. The maximum Gasteiger partial charge on any atom is 0.124 e. The molecular formula is C17H19ClFNO. The van der Waals surface area contributed by atoms with Gasteiger partial charge in [0.05, 0.1) is 12.6 Å². The van der Waals surface area contributed by atoms with Gasteiger partial charge in [0, 0.05) is 10.6 Å². The zero-order valence-electron chi connectivity index (χ0n) is 12.2. The molecule has 1 N–H and O–H groups in total. The Morgan fingerprint density at radius 1 is 1.14 bits per heavy atom. The van der Waals surface area contributed by atoms with Gasteiger partial charge in [0.2, 0.25) is 0 Å². The fourth-order valence-corrected chi connectivity index (χ4v) is 2.56. The van der Waals surface area contributed by atoms with E-state index in [0.29, 0.717) is 17.2 Å². The fraction of sp³-hybridized carbons (Fsp3) is 0.294. The number of para-hydroxylation sites is 1. The molecule has 21 heavy (non-hydrogen) atoms. The largest absolute Gasteiger partial charge is 0.494 e. The molecule has 0 fully saturated rings. The molecule has 1 atom stereocenters. The first-order chi connectivity index (χ1) is 10.2. The zero-order chi connectivity index (χ0) is 15.2. The van der Waals surface area contributed by atoms with E-state index in [1.54, 1.807) is 6.07 Å². The Kier molecular flexibility index (Phi) is 5.59. The minimum absolute atomic E-state index is 0.207. The SMILES string of the molecule is CCNC(c1cc(F)ccc1Cl)c1ccccc1OCC. The maximum absolute atomic E-state index is 13.6. The van der Waals surface area contributed by atoms with Crippen LogP contribution in [0.1, 0.15) is 31.0 Å². The van der Waals surface area contributed by atoms with E-state index in [9.17, 15) is 4.39 Å². The molecule has 112 valence electrons. The average Bonchev–Trinajstić information content (AvgIpc) is 2.49. The summed E-state index contributed by atoms with van der Waals surface area (Å²) in [6.07, 6.45) is 0. The van der Waals surface area contributed by atoms with Gasteiger partial charge in [0.1, 0.15) is 11.6 Å². The van der Waals surface area contributed by atoms with Gasteiger partial charge >= 0.3 is 0 Å². The summed E-state index contributed by atoms with van der Waals surface area (Å²) in [5.41, 5.74) is 1.67. The van der Waals surface area contributed by atoms with E-state index in [1.807, 2.05) is 38.1 Å². The molecule has 0 aromatic heterocycles. The molecule has 2 aromatic carbocycles. The van der Waals surface area contributed by atoms with Crippen molar-refractivity contribution >= 4 is 11.6 Å². The molecular weight excluding hydrogens is 289 g/mol. The lowest BCUT2D eigenvalue weighted by atomic mass is 9.97. The third-order valence-electron chi connectivity index (χ3n) is 3.21. The number of hydrogen-bond donors (Lipinski definition) is 1. The van der Waals surface area contributed by atoms with Crippen LogP contribution in [0.4, 0.5) is 4.39 Å². The van der Waals surface area contributed by atoms with Gasteiger partial charge in [-0.2, -0.15) is 0 Å². The number of nitrogens with one attached hydrogen (secondary N) is 1. The lowest BCUT2D eigenvalue weighted by Gasteiger charge is -2.22. The summed E-state index contributed by atoms with van der Waals surface area (Å²) in [4.78, 5) is 0. The Morgan fingerprint density at radius 2 is 1.90 bits per heavy atom. The third-order valence-corrected chi connectivity index (χ3v) is 3.55. The smallest absolute Gasteiger partial charge is 0.124 e. The van der Waals surface area contributed by atoms with Crippen LogP contribution in [0.2, 0.25) is 5.02 Å². The monoisotopic (exact) mass is 307 g/mol. The molecule has 0 amide bonds. The van der Waals surface area contributed by atoms with Gasteiger partial charge in [-0.05, 0) is 43.3 Å². The molecule has 0 aliphatic rings. The number of benzene rings is 2. The molecule has 1 unspecified atom stereocenters. The normalized spacial score (nSPS) is 12.2. The van der Waals surface area contributed by atoms with Crippen molar-refractivity contribution in [2.75, 3.05) is 13.2 Å². The highest BCUT2D eigenvalue weighted by Gasteiger charge is 2.20. The number of ether oxygens (including phenoxy) is 1. The summed E-state index contributed by atoms with van der Waals surface area (Å²) in [6.45, 7) is 5.25. The first-order valence-corrected chi connectivity index (χ1v) is 7.45. The van der Waals surface area contributed by atoms with Crippen molar-refractivity contribution < 1.29 is 9.13 Å². The zero-order valence-corrected chi connectivity index (χ0v) is 13.0. The van der Waals surface area contributed by atoms with Crippen molar-refractivity contribution in [1.29, 1.82) is 0 Å². The molecule has 0 saturated heterocycles. The summed E-state index contributed by atoms with van der Waals surface area (Å²) in [5, 5.41) is 3.89. The first-order valence-electron chi connectivity index (χ1n) is 7.07. The van der Waals surface area contributed by atoms with Crippen molar-refractivity contribution in [2.24, 2.45) is 0 Å². The van der Waals surface area contributed by atoms with Crippen LogP contribution in [0.5, 0.6) is 5.75 Å². The van der Waals surface area contributed by atoms with Crippen LogP contribution in [-0.2, 0) is 0 Å². The standard InChI is InChI=1S/C17H19ClFNO/c1-3-20-17(14-11-12(19)9-10-15(14)18)13-7-5-6-8-16(13)21-4-2/h5-11,17,20H,3-4H2,1-2H3. The predicted molar refractivity (Wildman–Crippen MR) is 84.5 cm³/mol. The van der Waals surface area contributed by atoms with Crippen LogP contribution in [0, 0.1) is 5.82 Å². The summed E-state index contributed by atoms with van der Waals surface area (Å²) < 4.78 is 19.3. The molecule has 0 saturated carbocycles. The van der Waals surface area contributed by atoms with Crippen LogP contribution in [0.3, 0.4) is 0 Å². The molecule has 2 rings (SSSR count). The molecule has 0 spiro atoms. The van der Waals surface area contributed by atoms with Crippen LogP contribution < -0.4 is 10.1 Å². The quantitative estimate of drug-likeness (QED) is 0.843. The first kappa shape index (κ1) is 15.8. The molecule has 0 aliphatic heterocycles. The van der Waals surface area contributed by atoms with Crippen LogP contribution in [0.15, 0.2) is 42.5 Å². The number of hydrogen-bond acceptors (Lipinski definition) is 2. The highest BCUT2D eigenvalue weighted by Crippen LogP contribution is 2.34. The van der Waals surface area contributed by atoms with Crippen molar-refractivity contribution in [1.82, 2.24) is 5.32 Å². The molecule has 2 nitrogen and oxygen atoms in total. The van der Waals surface area contributed by atoms with E-state index in [4.69, 9.17) is 16.3 Å². The Balaban J connectivity index is 2.50. The Hall–Kier alpha value is -1.58. The second-order valence-electron chi connectivity index (χ2n) is 4.63. The second kappa shape index (κ2) is 7.43. The molecule has 0 bridgehead atoms. The van der Waals surface area contributed by atoms with Gasteiger partial charge in [-0.15, -0.1) is 0 Å².